The average molecular weight is 232 g/mol. The van der Waals surface area contributed by atoms with Gasteiger partial charge in [-0.15, -0.1) is 0 Å². The van der Waals surface area contributed by atoms with Crippen LogP contribution in [0.5, 0.6) is 0 Å². The first-order valence-corrected chi connectivity index (χ1v) is 7.45. The summed E-state index contributed by atoms with van der Waals surface area (Å²) in [5.41, 5.74) is 4.52. The molecule has 1 aliphatic rings. The highest BCUT2D eigenvalue weighted by Crippen LogP contribution is 2.25. The zero-order chi connectivity index (χ0) is 12.5. The Morgan fingerprint density at radius 3 is 2.06 bits per heavy atom. The van der Waals surface area contributed by atoms with Crippen molar-refractivity contribution in [1.82, 2.24) is 0 Å². The molecule has 0 aromatic heterocycles. The Morgan fingerprint density at radius 2 is 1.41 bits per heavy atom. The van der Waals surface area contributed by atoms with Gasteiger partial charge in [-0.05, 0) is 37.7 Å². The van der Waals surface area contributed by atoms with Crippen molar-refractivity contribution in [3.8, 4) is 0 Å². The van der Waals surface area contributed by atoms with Crippen molar-refractivity contribution in [2.24, 2.45) is 4.90 Å². The van der Waals surface area contributed by atoms with Crippen LogP contribution in [-0.4, -0.2) is 13.1 Å². The molecule has 2 heteroatoms. The fourth-order valence-electron chi connectivity index (χ4n) is 2.30. The number of allylic oxidation sites excluding steroid dienone is 2. The van der Waals surface area contributed by atoms with Crippen molar-refractivity contribution in [1.29, 1.82) is 0 Å². The standard InChI is InChI=1S/C15H27BN/c1-4-7-10-13-14(11-8-5-2)16-17-15(13)12-9-6-3/h4-12H2,1-3H3. The highest BCUT2D eigenvalue weighted by atomic mass is 14.7. The Morgan fingerprint density at radius 1 is 0.824 bits per heavy atom. The Hall–Kier alpha value is -0.525. The summed E-state index contributed by atoms with van der Waals surface area (Å²) in [5, 5.41) is 0. The maximum atomic E-state index is 4.66. The third kappa shape index (κ3) is 4.69. The van der Waals surface area contributed by atoms with E-state index in [0.29, 0.717) is 0 Å². The second kappa shape index (κ2) is 8.55. The lowest BCUT2D eigenvalue weighted by molar-refractivity contribution is 0.771. The fourth-order valence-corrected chi connectivity index (χ4v) is 2.30. The number of hydrogen-bond acceptors (Lipinski definition) is 1. The minimum absolute atomic E-state index is 1.18. The Bertz CT molecular complexity index is 279. The third-order valence-corrected chi connectivity index (χ3v) is 3.46. The van der Waals surface area contributed by atoms with E-state index in [1.807, 2.05) is 0 Å². The highest BCUT2D eigenvalue weighted by Gasteiger charge is 2.18. The van der Waals surface area contributed by atoms with Crippen molar-refractivity contribution in [2.75, 3.05) is 0 Å². The summed E-state index contributed by atoms with van der Waals surface area (Å²) in [7, 11) is 2.14. The second-order valence-corrected chi connectivity index (χ2v) is 5.02. The first-order chi connectivity index (χ1) is 8.33. The lowest BCUT2D eigenvalue weighted by Gasteiger charge is -2.10. The molecule has 0 atom stereocenters. The molecule has 0 spiro atoms. The third-order valence-electron chi connectivity index (χ3n) is 3.46. The fraction of sp³-hybridized carbons (Fsp3) is 0.800. The molecule has 17 heavy (non-hydrogen) atoms. The quantitative estimate of drug-likeness (QED) is 0.502. The normalized spacial score (nSPS) is 15.1. The predicted molar refractivity (Wildman–Crippen MR) is 78.8 cm³/mol. The van der Waals surface area contributed by atoms with Gasteiger partial charge in [-0.1, -0.05) is 51.9 Å². The van der Waals surface area contributed by atoms with Crippen LogP contribution >= 0.6 is 0 Å². The van der Waals surface area contributed by atoms with Crippen LogP contribution in [0.15, 0.2) is 15.9 Å². The molecular formula is C15H27BN. The van der Waals surface area contributed by atoms with E-state index in [4.69, 9.17) is 0 Å². The van der Waals surface area contributed by atoms with E-state index in [1.165, 1.54) is 69.0 Å². The van der Waals surface area contributed by atoms with Crippen molar-refractivity contribution in [3.05, 3.63) is 11.0 Å². The lowest BCUT2D eigenvalue weighted by atomic mass is 9.78. The highest BCUT2D eigenvalue weighted by molar-refractivity contribution is 6.50. The zero-order valence-electron chi connectivity index (χ0n) is 11.9. The molecule has 95 valence electrons. The van der Waals surface area contributed by atoms with Crippen molar-refractivity contribution in [2.45, 2.75) is 78.6 Å². The molecule has 0 saturated heterocycles. The monoisotopic (exact) mass is 232 g/mol. The summed E-state index contributed by atoms with van der Waals surface area (Å²) >= 11 is 0. The summed E-state index contributed by atoms with van der Waals surface area (Å²) in [6.07, 6.45) is 11.4. The van der Waals surface area contributed by atoms with Crippen LogP contribution in [0.25, 0.3) is 0 Å². The Balaban J connectivity index is 2.60. The second-order valence-electron chi connectivity index (χ2n) is 5.02. The maximum absolute atomic E-state index is 4.66. The molecule has 1 nitrogen and oxygen atoms in total. The van der Waals surface area contributed by atoms with Gasteiger partial charge in [-0.3, -0.25) is 0 Å². The van der Waals surface area contributed by atoms with Gasteiger partial charge < -0.3 is 4.90 Å². The number of unbranched alkanes of at least 4 members (excludes halogenated alkanes) is 3. The van der Waals surface area contributed by atoms with Gasteiger partial charge >= 0.3 is 7.41 Å². The number of nitrogens with zero attached hydrogens (tertiary/aromatic N) is 1. The smallest absolute Gasteiger partial charge is 0.308 e. The largest absolute Gasteiger partial charge is 0.346 e. The topological polar surface area (TPSA) is 12.4 Å². The summed E-state index contributed by atoms with van der Waals surface area (Å²) in [6.45, 7) is 6.79. The molecule has 1 radical (unpaired) electrons. The average Bonchev–Trinajstić information content (AvgIpc) is 2.73. The maximum Gasteiger partial charge on any atom is 0.308 e. The molecule has 0 bridgehead atoms. The van der Waals surface area contributed by atoms with Gasteiger partial charge in [0.2, 0.25) is 0 Å². The molecular weight excluding hydrogens is 205 g/mol. The first-order valence-electron chi connectivity index (χ1n) is 7.45. The van der Waals surface area contributed by atoms with Gasteiger partial charge in [0.05, 0.1) is 0 Å². The van der Waals surface area contributed by atoms with Crippen molar-refractivity contribution < 1.29 is 0 Å². The molecule has 0 aliphatic carbocycles. The van der Waals surface area contributed by atoms with E-state index in [-0.39, 0.29) is 0 Å². The minimum Gasteiger partial charge on any atom is -0.346 e. The van der Waals surface area contributed by atoms with E-state index in [0.717, 1.165) is 0 Å². The van der Waals surface area contributed by atoms with E-state index in [1.54, 1.807) is 5.57 Å². The molecule has 1 aliphatic heterocycles. The summed E-state index contributed by atoms with van der Waals surface area (Å²) in [6, 6.07) is 0. The van der Waals surface area contributed by atoms with Crippen LogP contribution < -0.4 is 0 Å². The van der Waals surface area contributed by atoms with E-state index in [2.05, 4.69) is 33.1 Å². The molecule has 0 unspecified atom stereocenters. The molecule has 0 aromatic rings. The molecule has 0 saturated carbocycles. The first kappa shape index (κ1) is 14.5. The molecule has 1 heterocycles. The van der Waals surface area contributed by atoms with Crippen LogP contribution in [-0.2, 0) is 0 Å². The SMILES string of the molecule is CCCCC1=N[B]C(CCCC)=C1CCCC. The molecule has 0 N–H and O–H groups in total. The molecule has 0 amide bonds. The van der Waals surface area contributed by atoms with Crippen molar-refractivity contribution in [3.63, 3.8) is 0 Å². The number of rotatable bonds is 9. The zero-order valence-corrected chi connectivity index (χ0v) is 11.9. The number of hydrogen-bond donors (Lipinski definition) is 0. The van der Waals surface area contributed by atoms with Crippen molar-refractivity contribution >= 4 is 13.1 Å². The Labute approximate surface area is 108 Å². The lowest BCUT2D eigenvalue weighted by Crippen LogP contribution is -2.02. The van der Waals surface area contributed by atoms with Gasteiger partial charge in [0.1, 0.15) is 0 Å². The summed E-state index contributed by atoms with van der Waals surface area (Å²) in [5.74, 6) is 0. The van der Waals surface area contributed by atoms with Gasteiger partial charge in [0.25, 0.3) is 0 Å². The van der Waals surface area contributed by atoms with Crippen LogP contribution in [0.2, 0.25) is 0 Å². The van der Waals surface area contributed by atoms with Gasteiger partial charge in [0.15, 0.2) is 0 Å². The predicted octanol–water partition coefficient (Wildman–Crippen LogP) is 4.88. The van der Waals surface area contributed by atoms with E-state index < -0.39 is 0 Å². The summed E-state index contributed by atoms with van der Waals surface area (Å²) in [4.78, 5) is 4.66. The molecule has 1 rings (SSSR count). The Kier molecular flexibility index (Phi) is 7.31. The summed E-state index contributed by atoms with van der Waals surface area (Å²) < 4.78 is 0. The minimum atomic E-state index is 1.18. The van der Waals surface area contributed by atoms with Gasteiger partial charge in [0, 0.05) is 5.71 Å². The van der Waals surface area contributed by atoms with Crippen LogP contribution in [0.3, 0.4) is 0 Å². The van der Waals surface area contributed by atoms with Crippen LogP contribution in [0.1, 0.15) is 78.6 Å². The van der Waals surface area contributed by atoms with Crippen LogP contribution in [0.4, 0.5) is 0 Å². The molecule has 0 aromatic carbocycles. The van der Waals surface area contributed by atoms with E-state index >= 15 is 0 Å². The molecule has 0 fully saturated rings. The van der Waals surface area contributed by atoms with Gasteiger partial charge in [-0.25, -0.2) is 0 Å². The van der Waals surface area contributed by atoms with Crippen LogP contribution in [0, 0.1) is 0 Å². The van der Waals surface area contributed by atoms with E-state index in [9.17, 15) is 0 Å². The van der Waals surface area contributed by atoms with Gasteiger partial charge in [-0.2, -0.15) is 0 Å².